The third kappa shape index (κ3) is 2.97. The molecule has 1 N–H and O–H groups in total. The van der Waals surface area contributed by atoms with Gasteiger partial charge in [-0.2, -0.15) is 4.98 Å². The fourth-order valence-electron chi connectivity index (χ4n) is 2.47. The smallest absolute Gasteiger partial charge is 0.247 e. The Morgan fingerprint density at radius 1 is 1.21 bits per heavy atom. The lowest BCUT2D eigenvalue weighted by Crippen LogP contribution is -2.15. The number of benzene rings is 1. The minimum absolute atomic E-state index is 0.284. The van der Waals surface area contributed by atoms with Crippen molar-refractivity contribution in [3.8, 4) is 17.1 Å². The zero-order valence-electron chi connectivity index (χ0n) is 13.1. The van der Waals surface area contributed by atoms with Crippen LogP contribution in [0.5, 0.6) is 5.88 Å². The molecule has 1 atom stereocenters. The van der Waals surface area contributed by atoms with Crippen LogP contribution in [0, 0.1) is 0 Å². The molecule has 0 fully saturated rings. The Morgan fingerprint density at radius 2 is 2.12 bits per heavy atom. The van der Waals surface area contributed by atoms with Crippen LogP contribution in [-0.2, 0) is 0 Å². The van der Waals surface area contributed by atoms with Crippen LogP contribution in [0.3, 0.4) is 0 Å². The van der Waals surface area contributed by atoms with Gasteiger partial charge in [0.05, 0.1) is 4.88 Å². The number of hydrogen-bond donors (Lipinski definition) is 1. The highest BCUT2D eigenvalue weighted by Gasteiger charge is 2.26. The van der Waals surface area contributed by atoms with Gasteiger partial charge in [-0.25, -0.2) is 0 Å². The second kappa shape index (κ2) is 6.78. The molecule has 24 heavy (non-hydrogen) atoms. The van der Waals surface area contributed by atoms with Crippen molar-refractivity contribution in [1.82, 2.24) is 15.2 Å². The van der Waals surface area contributed by atoms with Crippen LogP contribution in [0.4, 0.5) is 5.69 Å². The lowest BCUT2D eigenvalue weighted by molar-refractivity contribution is 0.229. The molecule has 0 aliphatic carbocycles. The summed E-state index contributed by atoms with van der Waals surface area (Å²) in [6.07, 6.45) is 0.780. The molecule has 0 saturated heterocycles. The number of thioether (sulfide) groups is 1. The van der Waals surface area contributed by atoms with E-state index < -0.39 is 0 Å². The van der Waals surface area contributed by atoms with Gasteiger partial charge in [0.15, 0.2) is 5.69 Å². The van der Waals surface area contributed by atoms with E-state index in [1.165, 1.54) is 0 Å². The predicted octanol–water partition coefficient (Wildman–Crippen LogP) is 4.61. The van der Waals surface area contributed by atoms with Gasteiger partial charge in [-0.1, -0.05) is 43.0 Å². The molecular formula is C17H16N4OS2. The van der Waals surface area contributed by atoms with E-state index in [1.807, 2.05) is 35.7 Å². The molecule has 1 aliphatic heterocycles. The van der Waals surface area contributed by atoms with Gasteiger partial charge in [0.1, 0.15) is 0 Å². The van der Waals surface area contributed by atoms with Crippen LogP contribution in [0.2, 0.25) is 0 Å². The second-order valence-corrected chi connectivity index (χ2v) is 7.34. The SMILES string of the molecule is CCCSc1nnc2c(n1)OC(c1cccs1)Nc1ccccc1-2. The van der Waals surface area contributed by atoms with Crippen LogP contribution in [0.1, 0.15) is 24.4 Å². The van der Waals surface area contributed by atoms with Crippen LogP contribution in [-0.4, -0.2) is 20.9 Å². The first-order valence-corrected chi connectivity index (χ1v) is 9.65. The highest BCUT2D eigenvalue weighted by molar-refractivity contribution is 7.99. The summed E-state index contributed by atoms with van der Waals surface area (Å²) >= 11 is 3.25. The zero-order chi connectivity index (χ0) is 16.4. The highest BCUT2D eigenvalue weighted by atomic mass is 32.2. The lowest BCUT2D eigenvalue weighted by Gasteiger charge is -2.17. The molecule has 1 aliphatic rings. The van der Waals surface area contributed by atoms with Crippen LogP contribution in [0.25, 0.3) is 11.3 Å². The maximum Gasteiger partial charge on any atom is 0.247 e. The summed E-state index contributed by atoms with van der Waals surface area (Å²) in [5.41, 5.74) is 2.61. The van der Waals surface area contributed by atoms with E-state index in [4.69, 9.17) is 4.74 Å². The van der Waals surface area contributed by atoms with E-state index in [9.17, 15) is 0 Å². The number of fused-ring (bicyclic) bond motifs is 3. The number of aromatic nitrogens is 3. The van der Waals surface area contributed by atoms with E-state index in [0.29, 0.717) is 16.7 Å². The van der Waals surface area contributed by atoms with Crippen molar-refractivity contribution in [2.24, 2.45) is 0 Å². The number of ether oxygens (including phenoxy) is 1. The molecule has 0 amide bonds. The predicted molar refractivity (Wildman–Crippen MR) is 97.6 cm³/mol. The first-order valence-electron chi connectivity index (χ1n) is 7.78. The molecule has 122 valence electrons. The molecule has 1 unspecified atom stereocenters. The number of hydrogen-bond acceptors (Lipinski definition) is 7. The summed E-state index contributed by atoms with van der Waals surface area (Å²) in [5, 5.41) is 14.8. The number of nitrogens with one attached hydrogen (secondary N) is 1. The maximum absolute atomic E-state index is 6.18. The number of anilines is 1. The molecule has 0 radical (unpaired) electrons. The Hall–Kier alpha value is -2.12. The van der Waals surface area contributed by atoms with Crippen molar-refractivity contribution >= 4 is 28.8 Å². The number of nitrogens with zero attached hydrogens (tertiary/aromatic N) is 3. The summed E-state index contributed by atoms with van der Waals surface area (Å²) in [4.78, 5) is 5.70. The Bertz CT molecular complexity index is 838. The molecule has 7 heteroatoms. The second-order valence-electron chi connectivity index (χ2n) is 5.30. The van der Waals surface area contributed by atoms with Crippen LogP contribution < -0.4 is 10.1 Å². The van der Waals surface area contributed by atoms with Crippen molar-refractivity contribution in [2.45, 2.75) is 24.7 Å². The Morgan fingerprint density at radius 3 is 2.96 bits per heavy atom. The summed E-state index contributed by atoms with van der Waals surface area (Å²) in [5.74, 6) is 1.49. The van der Waals surface area contributed by atoms with E-state index in [-0.39, 0.29) is 6.23 Å². The topological polar surface area (TPSA) is 59.9 Å². The van der Waals surface area contributed by atoms with E-state index in [0.717, 1.165) is 28.3 Å². The summed E-state index contributed by atoms with van der Waals surface area (Å²) < 4.78 is 6.18. The summed E-state index contributed by atoms with van der Waals surface area (Å²) in [7, 11) is 0. The summed E-state index contributed by atoms with van der Waals surface area (Å²) in [6.45, 7) is 2.13. The first kappa shape index (κ1) is 15.4. The Labute approximate surface area is 148 Å². The molecule has 4 rings (SSSR count). The molecule has 0 saturated carbocycles. The lowest BCUT2D eigenvalue weighted by atomic mass is 10.1. The van der Waals surface area contributed by atoms with Gasteiger partial charge in [0.2, 0.25) is 17.3 Å². The molecular weight excluding hydrogens is 340 g/mol. The quantitative estimate of drug-likeness (QED) is 0.689. The Kier molecular flexibility index (Phi) is 4.36. The van der Waals surface area contributed by atoms with Gasteiger partial charge in [0.25, 0.3) is 0 Å². The zero-order valence-corrected chi connectivity index (χ0v) is 14.7. The normalized spacial score (nSPS) is 15.6. The monoisotopic (exact) mass is 356 g/mol. The van der Waals surface area contributed by atoms with E-state index in [1.54, 1.807) is 23.1 Å². The van der Waals surface area contributed by atoms with E-state index in [2.05, 4.69) is 33.5 Å². The minimum Gasteiger partial charge on any atom is -0.447 e. The van der Waals surface area contributed by atoms with Crippen molar-refractivity contribution in [3.05, 3.63) is 46.7 Å². The average Bonchev–Trinajstić information content (AvgIpc) is 3.09. The van der Waals surface area contributed by atoms with Crippen LogP contribution in [0.15, 0.2) is 46.9 Å². The van der Waals surface area contributed by atoms with E-state index >= 15 is 0 Å². The van der Waals surface area contributed by atoms with Crippen LogP contribution >= 0.6 is 23.1 Å². The number of para-hydroxylation sites is 1. The van der Waals surface area contributed by atoms with Crippen molar-refractivity contribution in [3.63, 3.8) is 0 Å². The molecule has 3 aromatic rings. The molecule has 1 aromatic carbocycles. The van der Waals surface area contributed by atoms with Gasteiger partial charge in [0, 0.05) is 17.0 Å². The van der Waals surface area contributed by atoms with Crippen molar-refractivity contribution < 1.29 is 4.74 Å². The first-order chi connectivity index (χ1) is 11.8. The fraction of sp³-hybridized carbons (Fsp3) is 0.235. The molecule has 2 aromatic heterocycles. The molecule has 0 spiro atoms. The van der Waals surface area contributed by atoms with Crippen molar-refractivity contribution in [1.29, 1.82) is 0 Å². The standard InChI is InChI=1S/C17H16N4OS2/c1-2-9-24-17-19-16-14(20-21-17)11-6-3-4-7-12(11)18-15(22-16)13-8-5-10-23-13/h3-8,10,15,18H,2,9H2,1H3. The number of thiophene rings is 1. The molecule has 3 heterocycles. The minimum atomic E-state index is -0.284. The fourth-order valence-corrected chi connectivity index (χ4v) is 3.81. The third-order valence-electron chi connectivity index (χ3n) is 3.57. The summed E-state index contributed by atoms with van der Waals surface area (Å²) in [6, 6.07) is 12.1. The number of rotatable bonds is 4. The van der Waals surface area contributed by atoms with Gasteiger partial charge < -0.3 is 10.1 Å². The highest BCUT2D eigenvalue weighted by Crippen LogP contribution is 2.40. The largest absolute Gasteiger partial charge is 0.447 e. The van der Waals surface area contributed by atoms with Crippen molar-refractivity contribution in [2.75, 3.05) is 11.1 Å². The molecule has 0 bridgehead atoms. The average molecular weight is 356 g/mol. The van der Waals surface area contributed by atoms with Gasteiger partial charge in [-0.15, -0.1) is 21.5 Å². The molecule has 5 nitrogen and oxygen atoms in total. The van der Waals surface area contributed by atoms with Gasteiger partial charge in [-0.3, -0.25) is 0 Å². The third-order valence-corrected chi connectivity index (χ3v) is 5.53. The maximum atomic E-state index is 6.18. The Balaban J connectivity index is 1.79. The van der Waals surface area contributed by atoms with Gasteiger partial charge >= 0.3 is 0 Å². The van der Waals surface area contributed by atoms with Gasteiger partial charge in [-0.05, 0) is 23.9 Å².